The fourth-order valence-electron chi connectivity index (χ4n) is 0.946. The monoisotopic (exact) mass is 223 g/mol. The first-order chi connectivity index (χ1) is 5.88. The molecule has 0 saturated heterocycles. The van der Waals surface area contributed by atoms with E-state index in [4.69, 9.17) is 5.53 Å². The van der Waals surface area contributed by atoms with Crippen molar-refractivity contribution in [1.29, 1.82) is 0 Å². The second-order valence-corrected chi connectivity index (χ2v) is 6.69. The minimum absolute atomic E-state index is 0.987. The molecule has 1 atom stereocenters. The maximum atomic E-state index is 8.32. The number of rotatable bonds is 3. The summed E-state index contributed by atoms with van der Waals surface area (Å²) in [6.45, 7) is 2.07. The average molecular weight is 223 g/mol. The van der Waals surface area contributed by atoms with Crippen molar-refractivity contribution in [2.24, 2.45) is 4.03 Å². The predicted octanol–water partition coefficient (Wildman–Crippen LogP) is 2.22. The van der Waals surface area contributed by atoms with E-state index in [0.717, 1.165) is 5.21 Å². The van der Waals surface area contributed by atoms with Crippen LogP contribution in [-0.4, -0.2) is 14.9 Å². The summed E-state index contributed by atoms with van der Waals surface area (Å²) >= 11 is -1.43. The number of nitrogens with zero attached hydrogens (tertiary/aromatic N) is 3. The van der Waals surface area contributed by atoms with Gasteiger partial charge in [-0.2, -0.15) is 0 Å². The molecule has 1 aromatic rings. The van der Waals surface area contributed by atoms with Crippen molar-refractivity contribution in [3.05, 3.63) is 40.8 Å². The van der Waals surface area contributed by atoms with Crippen LogP contribution in [0.5, 0.6) is 0 Å². The standard InChI is InChI=1S/C8H10AsN3/c1-2-9(11-12-10)8-6-4-3-5-7-8/h3-7H,2H2,1H3. The number of azide groups is 1. The van der Waals surface area contributed by atoms with E-state index in [-0.39, 0.29) is 0 Å². The molecular weight excluding hydrogens is 213 g/mol. The Bertz CT molecular complexity index is 280. The molecule has 12 heavy (non-hydrogen) atoms. The summed E-state index contributed by atoms with van der Waals surface area (Å²) in [7, 11) is 0. The average Bonchev–Trinajstić information content (AvgIpc) is 2.15. The molecule has 0 fully saturated rings. The zero-order valence-corrected chi connectivity index (χ0v) is 8.76. The van der Waals surface area contributed by atoms with Gasteiger partial charge in [-0.05, 0) is 0 Å². The molecule has 0 aliphatic carbocycles. The van der Waals surface area contributed by atoms with Crippen molar-refractivity contribution in [3.8, 4) is 0 Å². The molecule has 0 amide bonds. The van der Waals surface area contributed by atoms with Crippen molar-refractivity contribution < 1.29 is 0 Å². The van der Waals surface area contributed by atoms with E-state index in [2.05, 4.69) is 15.9 Å². The Balaban J connectivity index is 2.87. The van der Waals surface area contributed by atoms with Crippen LogP contribution in [0.4, 0.5) is 0 Å². The van der Waals surface area contributed by atoms with E-state index in [0.29, 0.717) is 0 Å². The summed E-state index contributed by atoms with van der Waals surface area (Å²) in [5.74, 6) is 0. The topological polar surface area (TPSA) is 48.8 Å². The van der Waals surface area contributed by atoms with Crippen LogP contribution < -0.4 is 4.35 Å². The molecule has 0 radical (unpaired) electrons. The van der Waals surface area contributed by atoms with E-state index in [1.807, 2.05) is 30.3 Å². The maximum absolute atomic E-state index is 8.32. The second-order valence-electron chi connectivity index (χ2n) is 2.23. The fraction of sp³-hybridized carbons (Fsp3) is 0.250. The van der Waals surface area contributed by atoms with Crippen LogP contribution in [0.15, 0.2) is 34.4 Å². The van der Waals surface area contributed by atoms with E-state index in [1.165, 1.54) is 4.35 Å². The van der Waals surface area contributed by atoms with Gasteiger partial charge >= 0.3 is 76.2 Å². The summed E-state index contributed by atoms with van der Waals surface area (Å²) in [5.41, 5.74) is 8.32. The Labute approximate surface area is 76.5 Å². The molecule has 1 unspecified atom stereocenters. The fourth-order valence-corrected chi connectivity index (χ4v) is 3.48. The zero-order valence-electron chi connectivity index (χ0n) is 6.88. The molecule has 4 heteroatoms. The quantitative estimate of drug-likeness (QED) is 0.326. The molecule has 0 aromatic heterocycles. The van der Waals surface area contributed by atoms with Crippen LogP contribution in [0.25, 0.3) is 10.4 Å². The van der Waals surface area contributed by atoms with E-state index in [1.54, 1.807) is 0 Å². The number of hydrogen-bond donors (Lipinski definition) is 0. The van der Waals surface area contributed by atoms with Gasteiger partial charge in [0.25, 0.3) is 0 Å². The summed E-state index contributed by atoms with van der Waals surface area (Å²) < 4.78 is 5.07. The first kappa shape index (κ1) is 9.18. The third-order valence-corrected chi connectivity index (χ3v) is 5.26. The Morgan fingerprint density at radius 1 is 1.42 bits per heavy atom. The van der Waals surface area contributed by atoms with Gasteiger partial charge in [0.05, 0.1) is 0 Å². The van der Waals surface area contributed by atoms with Gasteiger partial charge in [-0.25, -0.2) is 0 Å². The summed E-state index contributed by atoms with van der Waals surface area (Å²) in [6, 6.07) is 10.0. The van der Waals surface area contributed by atoms with Crippen molar-refractivity contribution in [3.63, 3.8) is 0 Å². The molecule has 0 aliphatic heterocycles. The molecule has 1 rings (SSSR count). The van der Waals surface area contributed by atoms with Gasteiger partial charge in [0, 0.05) is 0 Å². The minimum atomic E-state index is -1.43. The third-order valence-electron chi connectivity index (χ3n) is 1.50. The zero-order chi connectivity index (χ0) is 8.81. The van der Waals surface area contributed by atoms with Crippen molar-refractivity contribution in [2.45, 2.75) is 12.1 Å². The molecule has 62 valence electrons. The molecule has 0 spiro atoms. The van der Waals surface area contributed by atoms with E-state index in [9.17, 15) is 0 Å². The molecule has 0 N–H and O–H groups in total. The molecule has 3 nitrogen and oxygen atoms in total. The Morgan fingerprint density at radius 3 is 2.58 bits per heavy atom. The van der Waals surface area contributed by atoms with Gasteiger partial charge in [-0.15, -0.1) is 0 Å². The van der Waals surface area contributed by atoms with E-state index < -0.39 is 14.9 Å². The van der Waals surface area contributed by atoms with Gasteiger partial charge < -0.3 is 0 Å². The van der Waals surface area contributed by atoms with Crippen LogP contribution in [0, 0.1) is 0 Å². The van der Waals surface area contributed by atoms with Crippen LogP contribution >= 0.6 is 0 Å². The molecule has 0 aliphatic rings. The summed E-state index contributed by atoms with van der Waals surface area (Å²) in [4.78, 5) is 2.87. The predicted molar refractivity (Wildman–Crippen MR) is 51.5 cm³/mol. The van der Waals surface area contributed by atoms with Crippen molar-refractivity contribution >= 4 is 19.2 Å². The second kappa shape index (κ2) is 4.86. The third kappa shape index (κ3) is 2.30. The van der Waals surface area contributed by atoms with Gasteiger partial charge in [-0.1, -0.05) is 0 Å². The van der Waals surface area contributed by atoms with Crippen LogP contribution in [0.1, 0.15) is 6.92 Å². The van der Waals surface area contributed by atoms with Crippen molar-refractivity contribution in [1.82, 2.24) is 0 Å². The number of benzene rings is 1. The molecular formula is C8H10AsN3. The Hall–Kier alpha value is -0.912. The van der Waals surface area contributed by atoms with Gasteiger partial charge in [-0.3, -0.25) is 0 Å². The van der Waals surface area contributed by atoms with Gasteiger partial charge in [0.1, 0.15) is 0 Å². The van der Waals surface area contributed by atoms with Crippen molar-refractivity contribution in [2.75, 3.05) is 0 Å². The normalized spacial score (nSPS) is 11.8. The van der Waals surface area contributed by atoms with E-state index >= 15 is 0 Å². The summed E-state index contributed by atoms with van der Waals surface area (Å²) in [6.07, 6.45) is 0. The first-order valence-electron chi connectivity index (χ1n) is 3.76. The molecule has 0 heterocycles. The first-order valence-corrected chi connectivity index (χ1v) is 6.86. The Kier molecular flexibility index (Phi) is 3.72. The SMILES string of the molecule is CC[As](N=[N+]=[N-])c1ccccc1. The van der Waals surface area contributed by atoms with Gasteiger partial charge in [0.2, 0.25) is 0 Å². The van der Waals surface area contributed by atoms with Crippen LogP contribution in [0.3, 0.4) is 0 Å². The summed E-state index contributed by atoms with van der Waals surface area (Å²) in [5, 5.41) is 0.987. The van der Waals surface area contributed by atoms with Crippen LogP contribution in [0.2, 0.25) is 5.21 Å². The molecule has 0 bridgehead atoms. The van der Waals surface area contributed by atoms with Crippen LogP contribution in [-0.2, 0) is 0 Å². The molecule has 1 aromatic carbocycles. The van der Waals surface area contributed by atoms with Gasteiger partial charge in [0.15, 0.2) is 0 Å². The Morgan fingerprint density at radius 2 is 2.08 bits per heavy atom. The number of hydrogen-bond acceptors (Lipinski definition) is 1. The molecule has 0 saturated carbocycles.